The molecular formula is C13H18N2O5. The fraction of sp³-hybridized carbons (Fsp3) is 0.462. The number of nitro benzene ring substituents is 1. The summed E-state index contributed by atoms with van der Waals surface area (Å²) in [6.07, 6.45) is 0. The van der Waals surface area contributed by atoms with Crippen LogP contribution in [-0.2, 0) is 0 Å². The topological polar surface area (TPSA) is 113 Å². The molecule has 0 saturated heterocycles. The molecule has 0 aliphatic carbocycles. The molecule has 0 saturated carbocycles. The number of nitrogens with one attached hydrogen (secondary N) is 1. The number of para-hydroxylation sites is 1. The molecule has 7 heteroatoms. The van der Waals surface area contributed by atoms with Gasteiger partial charge in [0.2, 0.25) is 0 Å². The van der Waals surface area contributed by atoms with E-state index in [1.165, 1.54) is 32.0 Å². The zero-order chi connectivity index (χ0) is 15.7. The summed E-state index contributed by atoms with van der Waals surface area (Å²) in [5.74, 6) is -1.28. The number of nitro groups is 1. The molecule has 0 heterocycles. The van der Waals surface area contributed by atoms with E-state index in [4.69, 9.17) is 5.11 Å². The van der Waals surface area contributed by atoms with Crippen molar-refractivity contribution in [3.8, 4) is 0 Å². The minimum absolute atomic E-state index is 0.114. The van der Waals surface area contributed by atoms with Crippen molar-refractivity contribution in [1.82, 2.24) is 0 Å². The first-order chi connectivity index (χ1) is 8.97. The van der Waals surface area contributed by atoms with E-state index in [1.54, 1.807) is 13.8 Å². The Morgan fingerprint density at radius 2 is 1.85 bits per heavy atom. The predicted octanol–water partition coefficient (Wildman–Crippen LogP) is 2.25. The number of carboxylic acid groups (broad SMARTS) is 1. The van der Waals surface area contributed by atoms with E-state index in [2.05, 4.69) is 5.32 Å². The van der Waals surface area contributed by atoms with E-state index in [-0.39, 0.29) is 16.9 Å². The number of hydrogen-bond donors (Lipinski definition) is 3. The smallest absolute Gasteiger partial charge is 0.338 e. The summed E-state index contributed by atoms with van der Waals surface area (Å²) in [6, 6.07) is 3.80. The van der Waals surface area contributed by atoms with E-state index in [0.29, 0.717) is 0 Å². The number of aromatic carboxylic acids is 1. The first kappa shape index (κ1) is 15.9. The first-order valence-electron chi connectivity index (χ1n) is 5.98. The van der Waals surface area contributed by atoms with Crippen molar-refractivity contribution in [2.45, 2.75) is 38.8 Å². The molecule has 1 aromatic rings. The molecule has 0 aliphatic heterocycles. The molecule has 110 valence electrons. The van der Waals surface area contributed by atoms with Crippen LogP contribution in [-0.4, -0.2) is 32.2 Å². The van der Waals surface area contributed by atoms with Crippen molar-refractivity contribution < 1.29 is 19.9 Å². The molecule has 3 N–H and O–H groups in total. The molecule has 0 amide bonds. The Kier molecular flexibility index (Phi) is 4.04. The predicted molar refractivity (Wildman–Crippen MR) is 74.1 cm³/mol. The summed E-state index contributed by atoms with van der Waals surface area (Å²) in [4.78, 5) is 21.6. The third-order valence-corrected chi connectivity index (χ3v) is 3.44. The number of carbonyl (C=O) groups is 1. The highest BCUT2D eigenvalue weighted by atomic mass is 16.6. The van der Waals surface area contributed by atoms with Crippen LogP contribution in [0.2, 0.25) is 0 Å². The van der Waals surface area contributed by atoms with Crippen molar-refractivity contribution in [3.05, 3.63) is 33.9 Å². The molecule has 0 radical (unpaired) electrons. The van der Waals surface area contributed by atoms with Gasteiger partial charge in [0.05, 0.1) is 21.6 Å². The summed E-state index contributed by atoms with van der Waals surface area (Å²) >= 11 is 0. The molecule has 0 fully saturated rings. The Morgan fingerprint density at radius 1 is 1.30 bits per heavy atom. The number of anilines is 1. The number of benzene rings is 1. The molecule has 1 rings (SSSR count). The Balaban J connectivity index is 3.42. The standard InChI is InChI=1S/C13H18N2O5/c1-12(2,13(3,4)18)14-10-8(11(16)17)6-5-7-9(10)15(19)20/h5-7,14,18H,1-4H3,(H,16,17). The summed E-state index contributed by atoms with van der Waals surface area (Å²) in [5, 5.41) is 33.1. The van der Waals surface area contributed by atoms with E-state index in [9.17, 15) is 20.0 Å². The summed E-state index contributed by atoms with van der Waals surface area (Å²) in [6.45, 7) is 6.34. The van der Waals surface area contributed by atoms with Gasteiger partial charge in [-0.25, -0.2) is 4.79 Å². The third-order valence-electron chi connectivity index (χ3n) is 3.44. The molecule has 20 heavy (non-hydrogen) atoms. The average Bonchev–Trinajstić information content (AvgIpc) is 2.26. The lowest BCUT2D eigenvalue weighted by Crippen LogP contribution is -2.51. The number of rotatable bonds is 5. The summed E-state index contributed by atoms with van der Waals surface area (Å²) in [5.41, 5.74) is -2.86. The lowest BCUT2D eigenvalue weighted by Gasteiger charge is -2.38. The number of carboxylic acids is 1. The molecule has 0 spiro atoms. The average molecular weight is 282 g/mol. The van der Waals surface area contributed by atoms with Crippen molar-refractivity contribution in [2.24, 2.45) is 0 Å². The Bertz CT molecular complexity index is 514. The van der Waals surface area contributed by atoms with Crippen LogP contribution in [0, 0.1) is 10.1 Å². The van der Waals surface area contributed by atoms with Gasteiger partial charge in [0.1, 0.15) is 5.69 Å². The second-order valence-electron chi connectivity index (χ2n) is 5.57. The lowest BCUT2D eigenvalue weighted by atomic mass is 9.85. The summed E-state index contributed by atoms with van der Waals surface area (Å²) in [7, 11) is 0. The second-order valence-corrected chi connectivity index (χ2v) is 5.57. The van der Waals surface area contributed by atoms with Gasteiger partial charge in [-0.1, -0.05) is 6.07 Å². The van der Waals surface area contributed by atoms with Crippen LogP contribution in [0.3, 0.4) is 0 Å². The largest absolute Gasteiger partial charge is 0.478 e. The van der Waals surface area contributed by atoms with E-state index in [0.717, 1.165) is 0 Å². The minimum Gasteiger partial charge on any atom is -0.478 e. The van der Waals surface area contributed by atoms with Crippen LogP contribution in [0.1, 0.15) is 38.1 Å². The Labute approximate surface area is 116 Å². The fourth-order valence-corrected chi connectivity index (χ4v) is 1.47. The maximum Gasteiger partial charge on any atom is 0.338 e. The van der Waals surface area contributed by atoms with Crippen LogP contribution in [0.4, 0.5) is 11.4 Å². The Morgan fingerprint density at radius 3 is 2.25 bits per heavy atom. The molecule has 0 aliphatic rings. The van der Waals surface area contributed by atoms with Crippen LogP contribution < -0.4 is 5.32 Å². The molecule has 1 aromatic carbocycles. The van der Waals surface area contributed by atoms with Crippen molar-refractivity contribution in [3.63, 3.8) is 0 Å². The normalized spacial score (nSPS) is 12.1. The van der Waals surface area contributed by atoms with Gasteiger partial charge in [-0.05, 0) is 33.8 Å². The summed E-state index contributed by atoms with van der Waals surface area (Å²) < 4.78 is 0. The van der Waals surface area contributed by atoms with E-state index < -0.39 is 22.0 Å². The van der Waals surface area contributed by atoms with Gasteiger partial charge >= 0.3 is 5.97 Å². The molecule has 0 bridgehead atoms. The molecule has 0 atom stereocenters. The molecule has 0 aromatic heterocycles. The zero-order valence-electron chi connectivity index (χ0n) is 11.8. The van der Waals surface area contributed by atoms with Gasteiger partial charge in [0, 0.05) is 6.07 Å². The van der Waals surface area contributed by atoms with E-state index >= 15 is 0 Å². The SMILES string of the molecule is CC(C)(O)C(C)(C)Nc1c(C(=O)O)cccc1[N+](=O)[O-]. The van der Waals surface area contributed by atoms with Crippen LogP contribution in [0.25, 0.3) is 0 Å². The maximum absolute atomic E-state index is 11.2. The number of aliphatic hydroxyl groups is 1. The molecule has 7 nitrogen and oxygen atoms in total. The first-order valence-corrected chi connectivity index (χ1v) is 5.98. The van der Waals surface area contributed by atoms with Crippen LogP contribution >= 0.6 is 0 Å². The van der Waals surface area contributed by atoms with E-state index in [1.807, 2.05) is 0 Å². The van der Waals surface area contributed by atoms with Gasteiger partial charge in [-0.15, -0.1) is 0 Å². The highest BCUT2D eigenvalue weighted by Gasteiger charge is 2.37. The van der Waals surface area contributed by atoms with Gasteiger partial charge in [0.15, 0.2) is 0 Å². The third kappa shape index (κ3) is 3.05. The monoisotopic (exact) mass is 282 g/mol. The second kappa shape index (κ2) is 5.09. The quantitative estimate of drug-likeness (QED) is 0.564. The zero-order valence-corrected chi connectivity index (χ0v) is 11.8. The molecule has 0 unspecified atom stereocenters. The van der Waals surface area contributed by atoms with Gasteiger partial charge in [-0.3, -0.25) is 10.1 Å². The number of nitrogens with zero attached hydrogens (tertiary/aromatic N) is 1. The fourth-order valence-electron chi connectivity index (χ4n) is 1.47. The maximum atomic E-state index is 11.2. The van der Waals surface area contributed by atoms with Crippen molar-refractivity contribution >= 4 is 17.3 Å². The highest BCUT2D eigenvalue weighted by molar-refractivity contribution is 5.97. The van der Waals surface area contributed by atoms with Gasteiger partial charge < -0.3 is 15.5 Å². The van der Waals surface area contributed by atoms with Crippen molar-refractivity contribution in [2.75, 3.05) is 5.32 Å². The van der Waals surface area contributed by atoms with Gasteiger partial charge in [-0.2, -0.15) is 0 Å². The minimum atomic E-state index is -1.28. The van der Waals surface area contributed by atoms with Gasteiger partial charge in [0.25, 0.3) is 5.69 Å². The number of hydrogen-bond acceptors (Lipinski definition) is 5. The van der Waals surface area contributed by atoms with Crippen LogP contribution in [0.15, 0.2) is 18.2 Å². The molecular weight excluding hydrogens is 264 g/mol. The van der Waals surface area contributed by atoms with Crippen LogP contribution in [0.5, 0.6) is 0 Å². The Hall–Kier alpha value is -2.15. The highest BCUT2D eigenvalue weighted by Crippen LogP contribution is 2.34. The van der Waals surface area contributed by atoms with Crippen molar-refractivity contribution in [1.29, 1.82) is 0 Å². The lowest BCUT2D eigenvalue weighted by molar-refractivity contribution is -0.384.